The molecule has 42 heavy (non-hydrogen) atoms. The zero-order valence-electron chi connectivity index (χ0n) is 25.2. The molecule has 2 aliphatic heterocycles. The average molecular weight is 559 g/mol. The van der Waals surface area contributed by atoms with Crippen LogP contribution in [0.2, 0.25) is 0 Å². The van der Waals surface area contributed by atoms with Gasteiger partial charge in [-0.25, -0.2) is 0 Å². The zero-order chi connectivity index (χ0) is 29.6. The Hall–Kier alpha value is -4.25. The number of anilines is 4. The highest BCUT2D eigenvalue weighted by atomic mass is 16.1. The van der Waals surface area contributed by atoms with Crippen LogP contribution in [0.1, 0.15) is 62.8 Å². The molecule has 4 atom stereocenters. The molecule has 4 aromatic carbocycles. The van der Waals surface area contributed by atoms with Crippen LogP contribution in [0.15, 0.2) is 97.1 Å². The molecule has 0 fully saturated rings. The first-order valence-corrected chi connectivity index (χ1v) is 15.1. The van der Waals surface area contributed by atoms with E-state index in [1.165, 1.54) is 22.3 Å². The van der Waals surface area contributed by atoms with Gasteiger partial charge in [-0.3, -0.25) is 4.79 Å². The lowest BCUT2D eigenvalue weighted by Gasteiger charge is -2.47. The fourth-order valence-electron chi connectivity index (χ4n) is 7.36. The van der Waals surface area contributed by atoms with Crippen molar-refractivity contribution in [1.82, 2.24) is 0 Å². The molecule has 0 aliphatic carbocycles. The zero-order valence-corrected chi connectivity index (χ0v) is 25.2. The highest BCUT2D eigenvalue weighted by Crippen LogP contribution is 2.47. The lowest BCUT2D eigenvalue weighted by Crippen LogP contribution is -2.54. The summed E-state index contributed by atoms with van der Waals surface area (Å²) in [6.45, 7) is 10.3. The van der Waals surface area contributed by atoms with Gasteiger partial charge in [0.15, 0.2) is 5.78 Å². The number of benzene rings is 4. The number of nitrogen functional groups attached to an aromatic ring is 2. The Morgan fingerprint density at radius 2 is 1.02 bits per heavy atom. The van der Waals surface area contributed by atoms with E-state index in [1.54, 1.807) is 0 Å². The Morgan fingerprint density at radius 3 is 1.40 bits per heavy atom. The molecular weight excluding hydrogens is 516 g/mol. The second kappa shape index (κ2) is 10.5. The summed E-state index contributed by atoms with van der Waals surface area (Å²) in [6, 6.07) is 33.0. The number of hydrogen-bond donors (Lipinski definition) is 2. The Morgan fingerprint density at radius 1 is 0.643 bits per heavy atom. The maximum absolute atomic E-state index is 14.3. The van der Waals surface area contributed by atoms with Gasteiger partial charge in [0.25, 0.3) is 0 Å². The molecule has 0 amide bonds. The summed E-state index contributed by atoms with van der Waals surface area (Å²) >= 11 is 0. The Balaban J connectivity index is 1.32. The molecule has 6 rings (SSSR count). The highest BCUT2D eigenvalue weighted by Gasteiger charge is 2.42. The Kier molecular flexibility index (Phi) is 7.00. The summed E-state index contributed by atoms with van der Waals surface area (Å²) < 4.78 is 0. The Labute approximate surface area is 250 Å². The van der Waals surface area contributed by atoms with E-state index in [0.29, 0.717) is 0 Å². The number of fused-ring (bicyclic) bond motifs is 2. The molecule has 0 saturated carbocycles. The van der Waals surface area contributed by atoms with E-state index in [1.807, 2.05) is 12.1 Å². The number of rotatable bonds is 6. The summed E-state index contributed by atoms with van der Waals surface area (Å²) in [4.78, 5) is 18.9. The number of ketones is 1. The largest absolute Gasteiger partial charge is 0.399 e. The predicted molar refractivity (Wildman–Crippen MR) is 175 cm³/mol. The first-order valence-electron chi connectivity index (χ1n) is 15.1. The van der Waals surface area contributed by atoms with E-state index in [9.17, 15) is 4.79 Å². The lowest BCUT2D eigenvalue weighted by molar-refractivity contribution is -0.121. The van der Waals surface area contributed by atoms with Crippen LogP contribution in [0.4, 0.5) is 22.7 Å². The molecule has 4 N–H and O–H groups in total. The predicted octanol–water partition coefficient (Wildman–Crippen LogP) is 6.93. The van der Waals surface area contributed by atoms with Gasteiger partial charge in [0.1, 0.15) is 0 Å². The number of nitrogens with zero attached hydrogens (tertiary/aromatic N) is 2. The third-order valence-electron chi connectivity index (χ3n) is 10.1. The maximum Gasteiger partial charge on any atom is 0.176 e. The van der Waals surface area contributed by atoms with E-state index in [4.69, 9.17) is 11.5 Å². The standard InChI is InChI=1S/C37H42N4O/c1-25(40-21-19-36(3,27-11-7-5-8-12-27)31-23-29(38)15-17-33(31)40)35(42)26(2)41-22-20-37(4,28-13-9-6-10-14-28)32-24-30(39)16-18-34(32)41/h5-18,23-26H,19-22,38-39H2,1-4H3. The van der Waals surface area contributed by atoms with E-state index < -0.39 is 0 Å². The van der Waals surface area contributed by atoms with Crippen LogP contribution in [-0.2, 0) is 15.6 Å². The van der Waals surface area contributed by atoms with E-state index >= 15 is 0 Å². The minimum atomic E-state index is -0.289. The number of Topliss-reactive ketones (excluding diaryl/α,β-unsaturated/α-hetero) is 1. The van der Waals surface area contributed by atoms with Gasteiger partial charge in [0.2, 0.25) is 0 Å². The second-order valence-corrected chi connectivity index (χ2v) is 12.6. The van der Waals surface area contributed by atoms with Crippen molar-refractivity contribution in [2.75, 3.05) is 34.4 Å². The van der Waals surface area contributed by atoms with Gasteiger partial charge < -0.3 is 21.3 Å². The SMILES string of the molecule is CC(C(=O)C(C)N1CCC(C)(c2ccccc2)c2cc(N)ccc21)N1CCC(C)(c2ccccc2)c2cc(N)ccc21. The summed E-state index contributed by atoms with van der Waals surface area (Å²) in [5.74, 6) is 0.215. The van der Waals surface area contributed by atoms with Crippen LogP contribution < -0.4 is 21.3 Å². The summed E-state index contributed by atoms with van der Waals surface area (Å²) in [7, 11) is 0. The average Bonchev–Trinajstić information content (AvgIpc) is 3.02. The first-order chi connectivity index (χ1) is 20.1. The summed E-state index contributed by atoms with van der Waals surface area (Å²) in [5, 5.41) is 0. The molecule has 2 aliphatic rings. The van der Waals surface area contributed by atoms with E-state index in [-0.39, 0.29) is 28.7 Å². The molecule has 2 heterocycles. The minimum absolute atomic E-state index is 0.176. The molecule has 5 nitrogen and oxygen atoms in total. The minimum Gasteiger partial charge on any atom is -0.399 e. The fourth-order valence-corrected chi connectivity index (χ4v) is 7.36. The van der Waals surface area contributed by atoms with Crippen LogP contribution in [-0.4, -0.2) is 31.0 Å². The summed E-state index contributed by atoms with van der Waals surface area (Å²) in [6.07, 6.45) is 1.81. The second-order valence-electron chi connectivity index (χ2n) is 12.6. The topological polar surface area (TPSA) is 75.6 Å². The maximum atomic E-state index is 14.3. The van der Waals surface area contributed by atoms with E-state index in [0.717, 1.165) is 48.7 Å². The summed E-state index contributed by atoms with van der Waals surface area (Å²) in [5.41, 5.74) is 20.9. The highest BCUT2D eigenvalue weighted by molar-refractivity contribution is 5.94. The van der Waals surface area contributed by atoms with Gasteiger partial charge >= 0.3 is 0 Å². The van der Waals surface area contributed by atoms with E-state index in [2.05, 4.69) is 122 Å². The number of carbonyl (C=O) groups excluding carboxylic acids is 1. The van der Waals surface area contributed by atoms with Crippen molar-refractivity contribution in [3.8, 4) is 0 Å². The normalized spacial score (nSPS) is 23.0. The lowest BCUT2D eigenvalue weighted by atomic mass is 9.70. The molecular formula is C37H42N4O. The monoisotopic (exact) mass is 558 g/mol. The van der Waals surface area contributed by atoms with Crippen LogP contribution in [0.25, 0.3) is 0 Å². The van der Waals surface area contributed by atoms with Crippen LogP contribution >= 0.6 is 0 Å². The van der Waals surface area contributed by atoms with Gasteiger partial charge in [-0.1, -0.05) is 74.5 Å². The van der Waals surface area contributed by atoms with Crippen LogP contribution in [0.3, 0.4) is 0 Å². The quantitative estimate of drug-likeness (QED) is 0.251. The van der Waals surface area contributed by atoms with Gasteiger partial charge in [-0.15, -0.1) is 0 Å². The molecule has 0 bridgehead atoms. The third-order valence-corrected chi connectivity index (χ3v) is 10.1. The molecule has 0 spiro atoms. The van der Waals surface area contributed by atoms with Crippen molar-refractivity contribution < 1.29 is 4.79 Å². The van der Waals surface area contributed by atoms with Gasteiger partial charge in [0.05, 0.1) is 12.1 Å². The van der Waals surface area contributed by atoms with Crippen molar-refractivity contribution in [3.63, 3.8) is 0 Å². The molecule has 0 radical (unpaired) electrons. The van der Waals surface area contributed by atoms with Crippen LogP contribution in [0.5, 0.6) is 0 Å². The molecule has 4 unspecified atom stereocenters. The van der Waals surface area contributed by atoms with Crippen molar-refractivity contribution in [2.24, 2.45) is 0 Å². The number of hydrogen-bond acceptors (Lipinski definition) is 5. The molecule has 5 heteroatoms. The van der Waals surface area contributed by atoms with Crippen molar-refractivity contribution >= 4 is 28.5 Å². The van der Waals surface area contributed by atoms with Gasteiger partial charge in [-0.2, -0.15) is 0 Å². The fraction of sp³-hybridized carbons (Fsp3) is 0.324. The van der Waals surface area contributed by atoms with Crippen LogP contribution in [0, 0.1) is 0 Å². The number of nitrogens with two attached hydrogens (primary N) is 2. The molecule has 216 valence electrons. The van der Waals surface area contributed by atoms with Crippen molar-refractivity contribution in [1.29, 1.82) is 0 Å². The molecule has 0 saturated heterocycles. The van der Waals surface area contributed by atoms with Gasteiger partial charge in [-0.05, 0) is 85.3 Å². The smallest absolute Gasteiger partial charge is 0.176 e. The van der Waals surface area contributed by atoms with Crippen molar-refractivity contribution in [3.05, 3.63) is 119 Å². The van der Waals surface area contributed by atoms with Gasteiger partial charge in [0, 0.05) is 46.7 Å². The van der Waals surface area contributed by atoms with Crippen molar-refractivity contribution in [2.45, 2.75) is 63.5 Å². The molecule has 4 aromatic rings. The Bertz CT molecular complexity index is 1480. The third kappa shape index (κ3) is 4.52. The number of carbonyl (C=O) groups is 1. The first kappa shape index (κ1) is 27.9. The molecule has 0 aromatic heterocycles.